The molecule has 0 aromatic heterocycles. The maximum atomic E-state index is 12.4. The average molecular weight is 338 g/mol. The van der Waals surface area contributed by atoms with Crippen LogP contribution in [-0.4, -0.2) is 12.9 Å². The Balaban J connectivity index is 2.48. The van der Waals surface area contributed by atoms with Crippen LogP contribution in [0.3, 0.4) is 0 Å². The predicted octanol–water partition coefficient (Wildman–Crippen LogP) is 3.53. The first-order chi connectivity index (χ1) is 8.24. The second-order valence-corrected chi connectivity index (χ2v) is 4.67. The summed E-state index contributed by atoms with van der Waals surface area (Å²) < 4.78 is 6.15. The van der Waals surface area contributed by atoms with Crippen molar-refractivity contribution in [1.82, 2.24) is 0 Å². The van der Waals surface area contributed by atoms with Gasteiger partial charge in [-0.3, -0.25) is 4.79 Å². The highest BCUT2D eigenvalue weighted by atomic mass is 127. The largest absolute Gasteiger partial charge is 0.496 e. The Morgan fingerprint density at radius 3 is 2.24 bits per heavy atom. The number of hydrogen-bond acceptors (Lipinski definition) is 2. The molecule has 0 radical (unpaired) electrons. The standard InChI is InChI=1S/C14H11IO2/c1-17-13-9-5-3-7-11(13)14(16)10-6-2-4-8-12(10)15/h2-9H,1H3. The Morgan fingerprint density at radius 2 is 1.59 bits per heavy atom. The zero-order valence-corrected chi connectivity index (χ0v) is 11.5. The van der Waals surface area contributed by atoms with Crippen LogP contribution in [0.5, 0.6) is 5.75 Å². The van der Waals surface area contributed by atoms with Crippen LogP contribution in [0.2, 0.25) is 0 Å². The average Bonchev–Trinajstić information content (AvgIpc) is 2.38. The highest BCUT2D eigenvalue weighted by molar-refractivity contribution is 14.1. The molecule has 0 amide bonds. The Morgan fingerprint density at radius 1 is 1.00 bits per heavy atom. The van der Waals surface area contributed by atoms with Crippen molar-refractivity contribution >= 4 is 28.4 Å². The number of para-hydroxylation sites is 1. The Labute approximate surface area is 114 Å². The lowest BCUT2D eigenvalue weighted by atomic mass is 10.0. The van der Waals surface area contributed by atoms with Gasteiger partial charge in [-0.1, -0.05) is 24.3 Å². The minimum absolute atomic E-state index is 0.00699. The van der Waals surface area contributed by atoms with Gasteiger partial charge in [-0.25, -0.2) is 0 Å². The molecule has 0 unspecified atom stereocenters. The maximum absolute atomic E-state index is 12.4. The van der Waals surface area contributed by atoms with E-state index in [1.807, 2.05) is 36.4 Å². The number of ketones is 1. The third-order valence-corrected chi connectivity index (χ3v) is 3.41. The Hall–Kier alpha value is -1.36. The van der Waals surface area contributed by atoms with Gasteiger partial charge in [-0.15, -0.1) is 0 Å². The monoisotopic (exact) mass is 338 g/mol. The van der Waals surface area contributed by atoms with Crippen molar-refractivity contribution in [2.45, 2.75) is 0 Å². The SMILES string of the molecule is COc1ccccc1C(=O)c1ccccc1I. The molecule has 86 valence electrons. The van der Waals surface area contributed by atoms with E-state index in [-0.39, 0.29) is 5.78 Å². The van der Waals surface area contributed by atoms with Gasteiger partial charge >= 0.3 is 0 Å². The normalized spacial score (nSPS) is 10.0. The van der Waals surface area contributed by atoms with E-state index >= 15 is 0 Å². The molecular weight excluding hydrogens is 327 g/mol. The van der Waals surface area contributed by atoms with E-state index in [4.69, 9.17) is 4.74 Å². The van der Waals surface area contributed by atoms with E-state index in [1.165, 1.54) is 0 Å². The summed E-state index contributed by atoms with van der Waals surface area (Å²) in [5.74, 6) is 0.601. The van der Waals surface area contributed by atoms with Crippen molar-refractivity contribution in [2.24, 2.45) is 0 Å². The number of rotatable bonds is 3. The van der Waals surface area contributed by atoms with E-state index in [2.05, 4.69) is 22.6 Å². The molecule has 2 aromatic rings. The number of hydrogen-bond donors (Lipinski definition) is 0. The number of carbonyl (C=O) groups excluding carboxylic acids is 1. The lowest BCUT2D eigenvalue weighted by Gasteiger charge is -2.08. The van der Waals surface area contributed by atoms with Gasteiger partial charge < -0.3 is 4.74 Å². The molecular formula is C14H11IO2. The van der Waals surface area contributed by atoms with Crippen LogP contribution in [0.25, 0.3) is 0 Å². The van der Waals surface area contributed by atoms with Gasteiger partial charge in [0, 0.05) is 9.13 Å². The van der Waals surface area contributed by atoms with Crippen molar-refractivity contribution in [3.8, 4) is 5.75 Å². The maximum Gasteiger partial charge on any atom is 0.197 e. The summed E-state index contributed by atoms with van der Waals surface area (Å²) in [5, 5.41) is 0. The molecule has 2 rings (SSSR count). The van der Waals surface area contributed by atoms with Gasteiger partial charge in [0.15, 0.2) is 5.78 Å². The number of methoxy groups -OCH3 is 1. The molecule has 0 saturated heterocycles. The Bertz CT molecular complexity index is 549. The molecule has 0 saturated carbocycles. The highest BCUT2D eigenvalue weighted by Crippen LogP contribution is 2.23. The van der Waals surface area contributed by atoms with E-state index < -0.39 is 0 Å². The quantitative estimate of drug-likeness (QED) is 0.632. The third-order valence-electron chi connectivity index (χ3n) is 2.47. The van der Waals surface area contributed by atoms with Gasteiger partial charge in [-0.05, 0) is 46.9 Å². The minimum Gasteiger partial charge on any atom is -0.496 e. The number of ether oxygens (including phenoxy) is 1. The summed E-state index contributed by atoms with van der Waals surface area (Å²) in [6.07, 6.45) is 0. The van der Waals surface area contributed by atoms with Crippen molar-refractivity contribution in [2.75, 3.05) is 7.11 Å². The molecule has 0 aliphatic carbocycles. The molecule has 0 heterocycles. The fourth-order valence-electron chi connectivity index (χ4n) is 1.62. The second kappa shape index (κ2) is 5.31. The van der Waals surface area contributed by atoms with Crippen LogP contribution in [0.15, 0.2) is 48.5 Å². The minimum atomic E-state index is -0.00699. The first-order valence-corrected chi connectivity index (χ1v) is 6.24. The zero-order valence-electron chi connectivity index (χ0n) is 9.31. The second-order valence-electron chi connectivity index (χ2n) is 3.51. The van der Waals surface area contributed by atoms with Gasteiger partial charge in [0.2, 0.25) is 0 Å². The fraction of sp³-hybridized carbons (Fsp3) is 0.0714. The molecule has 3 heteroatoms. The van der Waals surface area contributed by atoms with Gasteiger partial charge in [0.25, 0.3) is 0 Å². The molecule has 0 aliphatic heterocycles. The molecule has 2 nitrogen and oxygen atoms in total. The molecule has 0 atom stereocenters. The molecule has 17 heavy (non-hydrogen) atoms. The molecule has 0 N–H and O–H groups in total. The van der Waals surface area contributed by atoms with Crippen molar-refractivity contribution in [3.63, 3.8) is 0 Å². The van der Waals surface area contributed by atoms with E-state index in [0.29, 0.717) is 16.9 Å². The first kappa shape index (κ1) is 12.1. The van der Waals surface area contributed by atoms with Gasteiger partial charge in [-0.2, -0.15) is 0 Å². The fourth-order valence-corrected chi connectivity index (χ4v) is 2.26. The van der Waals surface area contributed by atoms with Crippen LogP contribution in [0, 0.1) is 3.57 Å². The van der Waals surface area contributed by atoms with Crippen molar-refractivity contribution in [3.05, 3.63) is 63.2 Å². The van der Waals surface area contributed by atoms with E-state index in [0.717, 1.165) is 3.57 Å². The lowest BCUT2D eigenvalue weighted by molar-refractivity contribution is 0.103. The molecule has 0 fully saturated rings. The van der Waals surface area contributed by atoms with E-state index in [9.17, 15) is 4.79 Å². The Kier molecular flexibility index (Phi) is 3.78. The summed E-state index contributed by atoms with van der Waals surface area (Å²) in [4.78, 5) is 12.4. The number of benzene rings is 2. The summed E-state index contributed by atoms with van der Waals surface area (Å²) >= 11 is 2.16. The summed E-state index contributed by atoms with van der Waals surface area (Å²) in [6.45, 7) is 0. The number of halogens is 1. The molecule has 0 aliphatic rings. The topological polar surface area (TPSA) is 26.3 Å². The first-order valence-electron chi connectivity index (χ1n) is 5.16. The summed E-state index contributed by atoms with van der Waals surface area (Å²) in [6, 6.07) is 14.8. The van der Waals surface area contributed by atoms with E-state index in [1.54, 1.807) is 19.2 Å². The van der Waals surface area contributed by atoms with Crippen LogP contribution in [-0.2, 0) is 0 Å². The van der Waals surface area contributed by atoms with Crippen molar-refractivity contribution < 1.29 is 9.53 Å². The third kappa shape index (κ3) is 2.49. The van der Waals surface area contributed by atoms with Crippen LogP contribution < -0.4 is 4.74 Å². The summed E-state index contributed by atoms with van der Waals surface area (Å²) in [7, 11) is 1.57. The highest BCUT2D eigenvalue weighted by Gasteiger charge is 2.15. The van der Waals surface area contributed by atoms with Crippen molar-refractivity contribution in [1.29, 1.82) is 0 Å². The van der Waals surface area contributed by atoms with Gasteiger partial charge in [0.1, 0.15) is 5.75 Å². The van der Waals surface area contributed by atoms with Crippen LogP contribution in [0.1, 0.15) is 15.9 Å². The molecule has 0 spiro atoms. The molecule has 0 bridgehead atoms. The lowest BCUT2D eigenvalue weighted by Crippen LogP contribution is -2.05. The predicted molar refractivity (Wildman–Crippen MR) is 75.6 cm³/mol. The molecule has 2 aromatic carbocycles. The van der Waals surface area contributed by atoms with Crippen LogP contribution >= 0.6 is 22.6 Å². The number of carbonyl (C=O) groups is 1. The smallest absolute Gasteiger partial charge is 0.197 e. The summed E-state index contributed by atoms with van der Waals surface area (Å²) in [5.41, 5.74) is 1.30. The van der Waals surface area contributed by atoms with Crippen LogP contribution in [0.4, 0.5) is 0 Å². The zero-order chi connectivity index (χ0) is 12.3. The van der Waals surface area contributed by atoms with Gasteiger partial charge in [0.05, 0.1) is 12.7 Å².